The van der Waals surface area contributed by atoms with Crippen molar-refractivity contribution in [2.75, 3.05) is 18.4 Å². The monoisotopic (exact) mass is 317 g/mol. The molecule has 0 aromatic carbocycles. The summed E-state index contributed by atoms with van der Waals surface area (Å²) in [5.74, 6) is 0.812. The van der Waals surface area contributed by atoms with E-state index in [1.807, 2.05) is 44.6 Å². The number of carbonyl (C=O) groups is 1. The van der Waals surface area contributed by atoms with Gasteiger partial charge >= 0.3 is 6.09 Å². The van der Waals surface area contributed by atoms with Crippen molar-refractivity contribution in [3.63, 3.8) is 0 Å². The largest absolute Gasteiger partial charge is 0.444 e. The minimum absolute atomic E-state index is 0.167. The number of likely N-dealkylation sites (tertiary alicyclic amines) is 1. The zero-order chi connectivity index (χ0) is 16.6. The van der Waals surface area contributed by atoms with E-state index >= 15 is 0 Å². The Bertz CT molecular complexity index is 719. The van der Waals surface area contributed by atoms with Crippen LogP contribution >= 0.6 is 0 Å². The van der Waals surface area contributed by atoms with Gasteiger partial charge in [0.2, 0.25) is 0 Å². The molecular weight excluding hydrogens is 294 g/mol. The van der Waals surface area contributed by atoms with Gasteiger partial charge in [0.05, 0.1) is 5.39 Å². The van der Waals surface area contributed by atoms with Crippen LogP contribution in [-0.2, 0) is 11.8 Å². The molecule has 1 fully saturated rings. The molecule has 0 spiro atoms. The Morgan fingerprint density at radius 2 is 2.17 bits per heavy atom. The van der Waals surface area contributed by atoms with Gasteiger partial charge in [0.1, 0.15) is 23.4 Å². The fourth-order valence-electron chi connectivity index (χ4n) is 2.76. The molecule has 1 amide bonds. The van der Waals surface area contributed by atoms with Crippen LogP contribution in [0.15, 0.2) is 18.6 Å². The van der Waals surface area contributed by atoms with Crippen molar-refractivity contribution in [3.8, 4) is 0 Å². The summed E-state index contributed by atoms with van der Waals surface area (Å²) in [6.07, 6.45) is 4.14. The van der Waals surface area contributed by atoms with E-state index < -0.39 is 5.60 Å². The lowest BCUT2D eigenvalue weighted by Gasteiger charge is -2.24. The maximum absolute atomic E-state index is 12.1. The standard InChI is InChI=1S/C16H23N5O2/c1-16(2,3)23-15(22)21-8-5-11(9-21)19-13-12-6-7-20(4)14(12)18-10-17-13/h6-7,10-11H,5,8-9H2,1-4H3,(H,17,18,19)/t11-/m0/s1. The topological polar surface area (TPSA) is 72.3 Å². The summed E-state index contributed by atoms with van der Waals surface area (Å²) in [5, 5.41) is 4.42. The molecule has 124 valence electrons. The molecule has 1 atom stereocenters. The first kappa shape index (κ1) is 15.6. The highest BCUT2D eigenvalue weighted by atomic mass is 16.6. The van der Waals surface area contributed by atoms with Gasteiger partial charge < -0.3 is 19.5 Å². The first-order valence-electron chi connectivity index (χ1n) is 7.84. The number of ether oxygens (including phenoxy) is 1. The van der Waals surface area contributed by atoms with Gasteiger partial charge in [-0.05, 0) is 33.3 Å². The molecule has 1 aliphatic rings. The molecule has 1 aliphatic heterocycles. The molecule has 3 heterocycles. The SMILES string of the molecule is Cn1ccc2c(N[C@H]3CCN(C(=O)OC(C)(C)C)C3)ncnc21. The first-order chi connectivity index (χ1) is 10.8. The van der Waals surface area contributed by atoms with Crippen molar-refractivity contribution in [3.05, 3.63) is 18.6 Å². The van der Waals surface area contributed by atoms with Gasteiger partial charge in [-0.15, -0.1) is 0 Å². The van der Waals surface area contributed by atoms with Crippen molar-refractivity contribution in [2.24, 2.45) is 7.05 Å². The number of nitrogens with zero attached hydrogens (tertiary/aromatic N) is 4. The maximum Gasteiger partial charge on any atom is 0.410 e. The number of hydrogen-bond donors (Lipinski definition) is 1. The lowest BCUT2D eigenvalue weighted by atomic mass is 10.2. The Kier molecular flexibility index (Phi) is 3.87. The van der Waals surface area contributed by atoms with Gasteiger partial charge in [0.15, 0.2) is 0 Å². The number of nitrogens with one attached hydrogen (secondary N) is 1. The summed E-state index contributed by atoms with van der Waals surface area (Å²) in [4.78, 5) is 22.5. The summed E-state index contributed by atoms with van der Waals surface area (Å²) >= 11 is 0. The van der Waals surface area contributed by atoms with Crippen LogP contribution in [0, 0.1) is 0 Å². The van der Waals surface area contributed by atoms with Crippen molar-refractivity contribution in [2.45, 2.75) is 38.8 Å². The van der Waals surface area contributed by atoms with E-state index in [1.165, 1.54) is 0 Å². The van der Waals surface area contributed by atoms with Gasteiger partial charge in [-0.2, -0.15) is 0 Å². The number of fused-ring (bicyclic) bond motifs is 1. The number of hydrogen-bond acceptors (Lipinski definition) is 5. The second-order valence-electron chi connectivity index (χ2n) is 6.94. The second kappa shape index (κ2) is 5.72. The van der Waals surface area contributed by atoms with Crippen LogP contribution in [0.5, 0.6) is 0 Å². The van der Waals surface area contributed by atoms with Crippen molar-refractivity contribution < 1.29 is 9.53 Å². The highest BCUT2D eigenvalue weighted by molar-refractivity contribution is 5.87. The van der Waals surface area contributed by atoms with E-state index in [9.17, 15) is 4.79 Å². The average Bonchev–Trinajstić information content (AvgIpc) is 3.06. The summed E-state index contributed by atoms with van der Waals surface area (Å²) in [6.45, 7) is 6.94. The molecular formula is C16H23N5O2. The zero-order valence-corrected chi connectivity index (χ0v) is 14.0. The minimum atomic E-state index is -0.467. The number of rotatable bonds is 2. The Balaban J connectivity index is 1.67. The van der Waals surface area contributed by atoms with Crippen LogP contribution < -0.4 is 5.32 Å². The van der Waals surface area contributed by atoms with Crippen LogP contribution in [-0.4, -0.2) is 50.3 Å². The third kappa shape index (κ3) is 3.38. The molecule has 0 aliphatic carbocycles. The van der Waals surface area contributed by atoms with E-state index in [0.717, 1.165) is 23.3 Å². The van der Waals surface area contributed by atoms with Gasteiger partial charge in [-0.1, -0.05) is 0 Å². The van der Waals surface area contributed by atoms with Crippen LogP contribution in [0.3, 0.4) is 0 Å². The molecule has 0 saturated carbocycles. The molecule has 1 saturated heterocycles. The molecule has 2 aromatic heterocycles. The number of carbonyl (C=O) groups excluding carboxylic acids is 1. The third-order valence-electron chi connectivity index (χ3n) is 3.84. The number of aromatic nitrogens is 3. The van der Waals surface area contributed by atoms with E-state index in [1.54, 1.807) is 11.2 Å². The Hall–Kier alpha value is -2.31. The van der Waals surface area contributed by atoms with Gasteiger partial charge in [0, 0.05) is 32.4 Å². The Morgan fingerprint density at radius 3 is 2.91 bits per heavy atom. The van der Waals surface area contributed by atoms with Crippen LogP contribution in [0.4, 0.5) is 10.6 Å². The highest BCUT2D eigenvalue weighted by Crippen LogP contribution is 2.23. The molecule has 3 rings (SSSR count). The molecule has 23 heavy (non-hydrogen) atoms. The fraction of sp³-hybridized carbons (Fsp3) is 0.562. The van der Waals surface area contributed by atoms with E-state index in [4.69, 9.17) is 4.74 Å². The van der Waals surface area contributed by atoms with Crippen LogP contribution in [0.1, 0.15) is 27.2 Å². The minimum Gasteiger partial charge on any atom is -0.444 e. The van der Waals surface area contributed by atoms with Gasteiger partial charge in [0.25, 0.3) is 0 Å². The molecule has 2 aromatic rings. The van der Waals surface area contributed by atoms with E-state index in [0.29, 0.717) is 13.1 Å². The van der Waals surface area contributed by atoms with Crippen LogP contribution in [0.25, 0.3) is 11.0 Å². The van der Waals surface area contributed by atoms with Gasteiger partial charge in [-0.25, -0.2) is 14.8 Å². The Labute approximate surface area is 135 Å². The lowest BCUT2D eigenvalue weighted by Crippen LogP contribution is -2.36. The molecule has 0 radical (unpaired) electrons. The number of amides is 1. The summed E-state index contributed by atoms with van der Waals surface area (Å²) in [7, 11) is 1.96. The fourth-order valence-corrected chi connectivity index (χ4v) is 2.76. The predicted molar refractivity (Wildman–Crippen MR) is 88.3 cm³/mol. The maximum atomic E-state index is 12.1. The average molecular weight is 317 g/mol. The van der Waals surface area contributed by atoms with E-state index in [-0.39, 0.29) is 12.1 Å². The lowest BCUT2D eigenvalue weighted by molar-refractivity contribution is 0.0293. The van der Waals surface area contributed by atoms with Gasteiger partial charge in [-0.3, -0.25) is 0 Å². The summed E-state index contributed by atoms with van der Waals surface area (Å²) in [5.41, 5.74) is 0.426. The highest BCUT2D eigenvalue weighted by Gasteiger charge is 2.30. The number of aryl methyl sites for hydroxylation is 1. The van der Waals surface area contributed by atoms with Crippen LogP contribution in [0.2, 0.25) is 0 Å². The Morgan fingerprint density at radius 1 is 1.39 bits per heavy atom. The molecule has 0 unspecified atom stereocenters. The van der Waals surface area contributed by atoms with E-state index in [2.05, 4.69) is 15.3 Å². The first-order valence-corrected chi connectivity index (χ1v) is 7.84. The summed E-state index contributed by atoms with van der Waals surface area (Å²) in [6, 6.07) is 2.17. The second-order valence-corrected chi connectivity index (χ2v) is 6.94. The molecule has 1 N–H and O–H groups in total. The predicted octanol–water partition coefficient (Wildman–Crippen LogP) is 2.39. The smallest absolute Gasteiger partial charge is 0.410 e. The van der Waals surface area contributed by atoms with Crippen molar-refractivity contribution >= 4 is 22.9 Å². The number of anilines is 1. The van der Waals surface area contributed by atoms with Crippen molar-refractivity contribution in [1.82, 2.24) is 19.4 Å². The zero-order valence-electron chi connectivity index (χ0n) is 14.0. The third-order valence-corrected chi connectivity index (χ3v) is 3.84. The normalized spacial score (nSPS) is 18.4. The molecule has 7 nitrogen and oxygen atoms in total. The molecule has 0 bridgehead atoms. The summed E-state index contributed by atoms with van der Waals surface area (Å²) < 4.78 is 7.39. The quantitative estimate of drug-likeness (QED) is 0.921. The van der Waals surface area contributed by atoms with Crippen molar-refractivity contribution in [1.29, 1.82) is 0 Å². The molecule has 7 heteroatoms.